The number of nitrogens with two attached hydrogens (primary N) is 1. The van der Waals surface area contributed by atoms with E-state index >= 15 is 0 Å². The topological polar surface area (TPSA) is 84.2 Å². The third kappa shape index (κ3) is 8.83. The van der Waals surface area contributed by atoms with Crippen molar-refractivity contribution in [2.24, 2.45) is 5.73 Å². The molecule has 2 amide bonds. The van der Waals surface area contributed by atoms with Crippen LogP contribution >= 0.6 is 12.4 Å². The average Bonchev–Trinajstić information content (AvgIpc) is 2.29. The predicted octanol–water partition coefficient (Wildman–Crippen LogP) is 1.10. The van der Waals surface area contributed by atoms with Crippen molar-refractivity contribution >= 4 is 24.2 Å². The number of halogens is 1. The molecule has 19 heavy (non-hydrogen) atoms. The second kappa shape index (κ2) is 10.0. The van der Waals surface area contributed by atoms with Gasteiger partial charge in [-0.25, -0.2) is 0 Å². The minimum absolute atomic E-state index is 0. The zero-order valence-electron chi connectivity index (χ0n) is 11.6. The van der Waals surface area contributed by atoms with Gasteiger partial charge in [-0.15, -0.1) is 12.4 Å². The van der Waals surface area contributed by atoms with Gasteiger partial charge in [0.1, 0.15) is 0 Å². The van der Waals surface area contributed by atoms with Crippen molar-refractivity contribution in [1.29, 1.82) is 0 Å². The number of carbonyl (C=O) groups excluding carboxylic acids is 2. The first kappa shape index (κ1) is 18.2. The largest absolute Gasteiger partial charge is 0.356 e. The lowest BCUT2D eigenvalue weighted by molar-refractivity contribution is -0.122. The maximum absolute atomic E-state index is 11.6. The first-order valence-electron chi connectivity index (χ1n) is 6.89. The predicted molar refractivity (Wildman–Crippen MR) is 78.2 cm³/mol. The van der Waals surface area contributed by atoms with Crippen LogP contribution in [0.4, 0.5) is 0 Å². The summed E-state index contributed by atoms with van der Waals surface area (Å²) in [5.74, 6) is -0.0570. The van der Waals surface area contributed by atoms with Crippen LogP contribution in [0, 0.1) is 0 Å². The first-order valence-corrected chi connectivity index (χ1v) is 6.89. The van der Waals surface area contributed by atoms with Gasteiger partial charge in [0.15, 0.2) is 0 Å². The van der Waals surface area contributed by atoms with E-state index in [-0.39, 0.29) is 30.3 Å². The minimum Gasteiger partial charge on any atom is -0.356 e. The summed E-state index contributed by atoms with van der Waals surface area (Å²) in [5, 5.41) is 5.72. The molecule has 4 N–H and O–H groups in total. The van der Waals surface area contributed by atoms with Gasteiger partial charge in [-0.1, -0.05) is 19.3 Å². The maximum atomic E-state index is 11.6. The van der Waals surface area contributed by atoms with Crippen molar-refractivity contribution in [1.82, 2.24) is 10.6 Å². The number of amides is 2. The maximum Gasteiger partial charge on any atom is 0.221 e. The molecular weight excluding hydrogens is 266 g/mol. The number of carbonyl (C=O) groups is 2. The Balaban J connectivity index is 0.00000324. The molecule has 0 aliphatic heterocycles. The van der Waals surface area contributed by atoms with E-state index in [1.807, 2.05) is 0 Å². The van der Waals surface area contributed by atoms with E-state index in [9.17, 15) is 9.59 Å². The Morgan fingerprint density at radius 3 is 2.42 bits per heavy atom. The monoisotopic (exact) mass is 291 g/mol. The lowest BCUT2D eigenvalue weighted by Gasteiger charge is -2.22. The number of hydrogen-bond acceptors (Lipinski definition) is 3. The summed E-state index contributed by atoms with van der Waals surface area (Å²) in [7, 11) is 0. The number of rotatable bonds is 6. The second-order valence-electron chi connectivity index (χ2n) is 5.18. The van der Waals surface area contributed by atoms with Gasteiger partial charge in [0.2, 0.25) is 11.8 Å². The van der Waals surface area contributed by atoms with Gasteiger partial charge in [0.05, 0.1) is 0 Å². The second-order valence-corrected chi connectivity index (χ2v) is 5.18. The summed E-state index contributed by atoms with van der Waals surface area (Å²) in [4.78, 5) is 22.9. The van der Waals surface area contributed by atoms with Gasteiger partial charge in [0, 0.05) is 31.5 Å². The van der Waals surface area contributed by atoms with Gasteiger partial charge in [-0.2, -0.15) is 0 Å². The molecule has 1 rings (SSSR count). The van der Waals surface area contributed by atoms with Crippen LogP contribution in [0.15, 0.2) is 0 Å². The summed E-state index contributed by atoms with van der Waals surface area (Å²) in [6.07, 6.45) is 6.52. The third-order valence-electron chi connectivity index (χ3n) is 3.15. The van der Waals surface area contributed by atoms with Gasteiger partial charge >= 0.3 is 0 Å². The molecule has 0 heterocycles. The minimum atomic E-state index is -0.138. The van der Waals surface area contributed by atoms with Crippen LogP contribution in [0.5, 0.6) is 0 Å². The highest BCUT2D eigenvalue weighted by molar-refractivity contribution is 5.85. The lowest BCUT2D eigenvalue weighted by Crippen LogP contribution is -2.38. The van der Waals surface area contributed by atoms with E-state index in [2.05, 4.69) is 10.6 Å². The summed E-state index contributed by atoms with van der Waals surface area (Å²) in [6, 6.07) is 0.201. The molecule has 1 unspecified atom stereocenters. The van der Waals surface area contributed by atoms with Crippen LogP contribution in [0.2, 0.25) is 0 Å². The number of nitrogens with one attached hydrogen (secondary N) is 2. The standard InChI is InChI=1S/C13H25N3O2.ClH/c1-10(14)9-13(18)15-8-7-12(17)16-11-5-3-2-4-6-11;/h10-11H,2-9,14H2,1H3,(H,15,18)(H,16,17);1H. The summed E-state index contributed by atoms with van der Waals surface area (Å²) >= 11 is 0. The van der Waals surface area contributed by atoms with Gasteiger partial charge < -0.3 is 16.4 Å². The van der Waals surface area contributed by atoms with Crippen LogP contribution in [0.3, 0.4) is 0 Å². The average molecular weight is 292 g/mol. The Hall–Kier alpha value is -0.810. The quantitative estimate of drug-likeness (QED) is 0.685. The van der Waals surface area contributed by atoms with Crippen LogP contribution in [-0.4, -0.2) is 30.4 Å². The molecule has 6 heteroatoms. The highest BCUT2D eigenvalue weighted by Crippen LogP contribution is 2.17. The van der Waals surface area contributed by atoms with E-state index in [1.54, 1.807) is 6.92 Å². The molecule has 0 saturated heterocycles. The molecule has 0 bridgehead atoms. The fraction of sp³-hybridized carbons (Fsp3) is 0.846. The normalized spacial score (nSPS) is 17.2. The van der Waals surface area contributed by atoms with Crippen LogP contribution in [-0.2, 0) is 9.59 Å². The summed E-state index contributed by atoms with van der Waals surface area (Å²) in [5.41, 5.74) is 5.51. The van der Waals surface area contributed by atoms with Crippen molar-refractivity contribution in [3.05, 3.63) is 0 Å². The Kier molecular flexibility index (Phi) is 9.61. The fourth-order valence-corrected chi connectivity index (χ4v) is 2.23. The molecular formula is C13H26ClN3O2. The molecule has 0 aromatic heterocycles. The van der Waals surface area contributed by atoms with Crippen molar-refractivity contribution in [3.8, 4) is 0 Å². The van der Waals surface area contributed by atoms with Gasteiger partial charge in [0.25, 0.3) is 0 Å². The molecule has 1 atom stereocenters. The van der Waals surface area contributed by atoms with E-state index < -0.39 is 0 Å². The molecule has 1 aliphatic carbocycles. The molecule has 112 valence electrons. The van der Waals surface area contributed by atoms with Crippen molar-refractivity contribution in [3.63, 3.8) is 0 Å². The van der Waals surface area contributed by atoms with Crippen molar-refractivity contribution < 1.29 is 9.59 Å². The molecule has 1 saturated carbocycles. The van der Waals surface area contributed by atoms with Gasteiger partial charge in [-0.05, 0) is 19.8 Å². The Bertz CT molecular complexity index is 279. The van der Waals surface area contributed by atoms with E-state index in [0.29, 0.717) is 25.4 Å². The number of hydrogen-bond donors (Lipinski definition) is 3. The van der Waals surface area contributed by atoms with Gasteiger partial charge in [-0.3, -0.25) is 9.59 Å². The van der Waals surface area contributed by atoms with Crippen LogP contribution in [0.1, 0.15) is 51.9 Å². The van der Waals surface area contributed by atoms with E-state index in [0.717, 1.165) is 12.8 Å². The van der Waals surface area contributed by atoms with Crippen LogP contribution in [0.25, 0.3) is 0 Å². The van der Waals surface area contributed by atoms with Crippen molar-refractivity contribution in [2.45, 2.75) is 64.0 Å². The zero-order valence-corrected chi connectivity index (χ0v) is 12.4. The Morgan fingerprint density at radius 2 is 1.84 bits per heavy atom. The lowest BCUT2D eigenvalue weighted by atomic mass is 9.95. The summed E-state index contributed by atoms with van der Waals surface area (Å²) in [6.45, 7) is 2.18. The molecule has 0 aromatic carbocycles. The zero-order chi connectivity index (χ0) is 13.4. The van der Waals surface area contributed by atoms with Crippen molar-refractivity contribution in [2.75, 3.05) is 6.54 Å². The van der Waals surface area contributed by atoms with E-state index in [1.165, 1.54) is 19.3 Å². The summed E-state index contributed by atoms with van der Waals surface area (Å²) < 4.78 is 0. The molecule has 0 aromatic rings. The van der Waals surface area contributed by atoms with Crippen LogP contribution < -0.4 is 16.4 Å². The Morgan fingerprint density at radius 1 is 1.21 bits per heavy atom. The smallest absolute Gasteiger partial charge is 0.221 e. The van der Waals surface area contributed by atoms with E-state index in [4.69, 9.17) is 5.73 Å². The highest BCUT2D eigenvalue weighted by Gasteiger charge is 2.15. The molecule has 0 spiro atoms. The first-order chi connectivity index (χ1) is 8.58. The highest BCUT2D eigenvalue weighted by atomic mass is 35.5. The molecule has 5 nitrogen and oxygen atoms in total. The Labute approximate surface area is 121 Å². The molecule has 1 fully saturated rings. The fourth-order valence-electron chi connectivity index (χ4n) is 2.23. The SMILES string of the molecule is CC(N)CC(=O)NCCC(=O)NC1CCCCC1.Cl. The molecule has 0 radical (unpaired) electrons. The molecule has 1 aliphatic rings. The third-order valence-corrected chi connectivity index (χ3v) is 3.15.